The number of nitrogens with one attached hydrogen (secondary N) is 1. The second kappa shape index (κ2) is 5.55. The van der Waals surface area contributed by atoms with Crippen molar-refractivity contribution in [3.63, 3.8) is 0 Å². The maximum Gasteiger partial charge on any atom is 0.433 e. The van der Waals surface area contributed by atoms with E-state index in [4.69, 9.17) is 5.26 Å². The van der Waals surface area contributed by atoms with E-state index in [1.807, 2.05) is 6.07 Å². The van der Waals surface area contributed by atoms with Crippen molar-refractivity contribution in [1.82, 2.24) is 0 Å². The highest BCUT2D eigenvalue weighted by Gasteiger charge is 2.40. The molecule has 0 saturated carbocycles. The highest BCUT2D eigenvalue weighted by molar-refractivity contribution is 5.57. The molecule has 0 fully saturated rings. The number of benzene rings is 1. The van der Waals surface area contributed by atoms with E-state index in [1.165, 1.54) is 19.1 Å². The fourth-order valence-corrected chi connectivity index (χ4v) is 1.23. The monoisotopic (exact) mass is 244 g/mol. The maximum absolute atomic E-state index is 12.6. The van der Waals surface area contributed by atoms with Crippen molar-refractivity contribution in [2.24, 2.45) is 0 Å². The Morgan fingerprint density at radius 3 is 2.59 bits per heavy atom. The predicted molar refractivity (Wildman–Crippen MR) is 56.2 cm³/mol. The average Bonchev–Trinajstić information content (AvgIpc) is 2.28. The third-order valence-electron chi connectivity index (χ3n) is 1.96. The lowest BCUT2D eigenvalue weighted by Gasteiger charge is -2.22. The first-order chi connectivity index (χ1) is 7.99. The van der Waals surface area contributed by atoms with Crippen LogP contribution in [0.3, 0.4) is 0 Å². The normalized spacial score (nSPS) is 12.9. The van der Waals surface area contributed by atoms with E-state index in [1.54, 1.807) is 12.1 Å². The van der Waals surface area contributed by atoms with Gasteiger partial charge in [-0.05, 0) is 19.1 Å². The van der Waals surface area contributed by atoms with Crippen LogP contribution in [0.2, 0.25) is 0 Å². The standard InChI is InChI=1S/C11H11F3N2O/c1-2-17-10(11(12,13)14)16-9-6-4-3-5-8(9)7-15/h3-6,10,16H,2H2,1H3. The van der Waals surface area contributed by atoms with Crippen LogP contribution in [-0.2, 0) is 4.74 Å². The van der Waals surface area contributed by atoms with E-state index in [9.17, 15) is 13.2 Å². The van der Waals surface area contributed by atoms with Gasteiger partial charge in [0.1, 0.15) is 6.07 Å². The van der Waals surface area contributed by atoms with Gasteiger partial charge in [-0.1, -0.05) is 12.1 Å². The topological polar surface area (TPSA) is 45.0 Å². The Morgan fingerprint density at radius 2 is 2.06 bits per heavy atom. The second-order valence-electron chi connectivity index (χ2n) is 3.18. The number of para-hydroxylation sites is 1. The number of ether oxygens (including phenoxy) is 1. The molecule has 1 aromatic rings. The van der Waals surface area contributed by atoms with Crippen LogP contribution in [0.25, 0.3) is 0 Å². The molecule has 0 aliphatic rings. The Morgan fingerprint density at radius 1 is 1.41 bits per heavy atom. The highest BCUT2D eigenvalue weighted by atomic mass is 19.4. The molecule has 0 amide bonds. The van der Waals surface area contributed by atoms with Crippen LogP contribution in [0.4, 0.5) is 18.9 Å². The Bertz CT molecular complexity index is 412. The first-order valence-corrected chi connectivity index (χ1v) is 4.93. The maximum atomic E-state index is 12.6. The molecule has 1 atom stereocenters. The molecule has 3 nitrogen and oxygen atoms in total. The van der Waals surface area contributed by atoms with Crippen molar-refractivity contribution in [2.75, 3.05) is 11.9 Å². The van der Waals surface area contributed by atoms with E-state index >= 15 is 0 Å². The lowest BCUT2D eigenvalue weighted by Crippen LogP contribution is -2.38. The molecule has 0 bridgehead atoms. The van der Waals surface area contributed by atoms with Crippen LogP contribution in [0.5, 0.6) is 0 Å². The highest BCUT2D eigenvalue weighted by Crippen LogP contribution is 2.25. The summed E-state index contributed by atoms with van der Waals surface area (Å²) in [4.78, 5) is 0. The van der Waals surface area contributed by atoms with Crippen molar-refractivity contribution in [1.29, 1.82) is 5.26 Å². The first kappa shape index (κ1) is 13.3. The molecule has 0 spiro atoms. The van der Waals surface area contributed by atoms with Gasteiger partial charge in [-0.3, -0.25) is 0 Å². The van der Waals surface area contributed by atoms with Gasteiger partial charge in [0, 0.05) is 6.61 Å². The molecule has 6 heteroatoms. The van der Waals surface area contributed by atoms with E-state index in [2.05, 4.69) is 10.1 Å². The molecule has 1 N–H and O–H groups in total. The van der Waals surface area contributed by atoms with Crippen LogP contribution in [0.1, 0.15) is 12.5 Å². The summed E-state index contributed by atoms with van der Waals surface area (Å²) in [5.41, 5.74) is 0.243. The molecule has 0 heterocycles. The van der Waals surface area contributed by atoms with Crippen molar-refractivity contribution < 1.29 is 17.9 Å². The first-order valence-electron chi connectivity index (χ1n) is 4.93. The van der Waals surface area contributed by atoms with Crippen LogP contribution in [0, 0.1) is 11.3 Å². The fraction of sp³-hybridized carbons (Fsp3) is 0.364. The Kier molecular flexibility index (Phi) is 4.35. The van der Waals surface area contributed by atoms with Gasteiger partial charge in [-0.2, -0.15) is 18.4 Å². The summed E-state index contributed by atoms with van der Waals surface area (Å²) in [6.07, 6.45) is -6.64. The summed E-state index contributed by atoms with van der Waals surface area (Å²) in [6.45, 7) is 1.39. The largest absolute Gasteiger partial charge is 0.433 e. The molecular formula is C11H11F3N2O. The van der Waals surface area contributed by atoms with Crippen molar-refractivity contribution in [2.45, 2.75) is 19.3 Å². The zero-order chi connectivity index (χ0) is 12.9. The van der Waals surface area contributed by atoms with Gasteiger partial charge in [-0.25, -0.2) is 0 Å². The molecule has 0 aromatic heterocycles. The quantitative estimate of drug-likeness (QED) is 0.828. The number of anilines is 1. The van der Waals surface area contributed by atoms with Crippen LogP contribution in [0.15, 0.2) is 24.3 Å². The molecule has 0 saturated heterocycles. The predicted octanol–water partition coefficient (Wildman–Crippen LogP) is 2.90. The molecule has 0 aliphatic carbocycles. The minimum absolute atomic E-state index is 0.0775. The summed E-state index contributed by atoms with van der Waals surface area (Å²) in [6, 6.07) is 7.76. The SMILES string of the molecule is CCOC(Nc1ccccc1C#N)C(F)(F)F. The third-order valence-corrected chi connectivity index (χ3v) is 1.96. The number of hydrogen-bond acceptors (Lipinski definition) is 3. The number of halogens is 3. The second-order valence-corrected chi connectivity index (χ2v) is 3.18. The summed E-state index contributed by atoms with van der Waals surface area (Å²) >= 11 is 0. The zero-order valence-corrected chi connectivity index (χ0v) is 9.08. The summed E-state index contributed by atoms with van der Waals surface area (Å²) in [7, 11) is 0. The Labute approximate surface area is 96.8 Å². The number of rotatable bonds is 4. The van der Waals surface area contributed by atoms with E-state index in [-0.39, 0.29) is 17.9 Å². The molecule has 0 radical (unpaired) electrons. The van der Waals surface area contributed by atoms with Crippen molar-refractivity contribution in [3.05, 3.63) is 29.8 Å². The van der Waals surface area contributed by atoms with Crippen molar-refractivity contribution >= 4 is 5.69 Å². The lowest BCUT2D eigenvalue weighted by atomic mass is 10.2. The zero-order valence-electron chi connectivity index (χ0n) is 9.08. The van der Waals surface area contributed by atoms with Gasteiger partial charge in [0.25, 0.3) is 0 Å². The number of hydrogen-bond donors (Lipinski definition) is 1. The van der Waals surface area contributed by atoms with Gasteiger partial charge in [0.2, 0.25) is 6.23 Å². The molecule has 1 rings (SSSR count). The summed E-state index contributed by atoms with van der Waals surface area (Å²) in [5, 5.41) is 10.9. The molecule has 1 aromatic carbocycles. The molecule has 17 heavy (non-hydrogen) atoms. The van der Waals surface area contributed by atoms with Gasteiger partial charge in [0.05, 0.1) is 11.3 Å². The Balaban J connectivity index is 2.91. The van der Waals surface area contributed by atoms with Gasteiger partial charge < -0.3 is 10.1 Å². The van der Waals surface area contributed by atoms with Gasteiger partial charge in [-0.15, -0.1) is 0 Å². The van der Waals surface area contributed by atoms with Crippen molar-refractivity contribution in [3.8, 4) is 6.07 Å². The van der Waals surface area contributed by atoms with Crippen LogP contribution >= 0.6 is 0 Å². The smallest absolute Gasteiger partial charge is 0.352 e. The lowest BCUT2D eigenvalue weighted by molar-refractivity contribution is -0.209. The summed E-state index contributed by atoms with van der Waals surface area (Å²) in [5.74, 6) is 0. The van der Waals surface area contributed by atoms with Crippen LogP contribution < -0.4 is 5.32 Å². The van der Waals surface area contributed by atoms with E-state index in [0.29, 0.717) is 0 Å². The average molecular weight is 244 g/mol. The number of nitrogens with zero attached hydrogens (tertiary/aromatic N) is 1. The molecule has 92 valence electrons. The minimum atomic E-state index is -4.53. The number of nitriles is 1. The molecular weight excluding hydrogens is 233 g/mol. The number of alkyl halides is 3. The van der Waals surface area contributed by atoms with Gasteiger partial charge >= 0.3 is 6.18 Å². The Hall–Kier alpha value is -1.74. The fourth-order valence-electron chi connectivity index (χ4n) is 1.23. The molecule has 1 unspecified atom stereocenters. The van der Waals surface area contributed by atoms with Gasteiger partial charge in [0.15, 0.2) is 0 Å². The van der Waals surface area contributed by atoms with Crippen LogP contribution in [-0.4, -0.2) is 19.0 Å². The van der Waals surface area contributed by atoms with E-state index in [0.717, 1.165) is 0 Å². The molecule has 0 aliphatic heterocycles. The minimum Gasteiger partial charge on any atom is -0.352 e. The third kappa shape index (κ3) is 3.64. The summed E-state index contributed by atoms with van der Waals surface area (Å²) < 4.78 is 42.2. The van der Waals surface area contributed by atoms with E-state index < -0.39 is 12.4 Å².